The van der Waals surface area contributed by atoms with E-state index in [9.17, 15) is 4.79 Å². The summed E-state index contributed by atoms with van der Waals surface area (Å²) in [6.45, 7) is 0. The largest absolute Gasteiger partial charge is 0.409 e. The number of hydrogen-bond donors (Lipinski definition) is 4. The molecule has 0 radical (unpaired) electrons. The zero-order chi connectivity index (χ0) is 14.6. The van der Waals surface area contributed by atoms with Gasteiger partial charge in [-0.05, 0) is 31.0 Å². The van der Waals surface area contributed by atoms with Gasteiger partial charge in [0.05, 0.1) is 0 Å². The first-order valence-electron chi connectivity index (χ1n) is 6.38. The van der Waals surface area contributed by atoms with Crippen molar-refractivity contribution in [1.29, 1.82) is 0 Å². The van der Waals surface area contributed by atoms with Crippen LogP contribution < -0.4 is 16.4 Å². The molecule has 0 saturated heterocycles. The van der Waals surface area contributed by atoms with Gasteiger partial charge in [0.2, 0.25) is 0 Å². The summed E-state index contributed by atoms with van der Waals surface area (Å²) in [6.07, 6.45) is 3.17. The number of amides is 2. The van der Waals surface area contributed by atoms with E-state index in [1.165, 1.54) is 0 Å². The summed E-state index contributed by atoms with van der Waals surface area (Å²) in [5.41, 5.74) is 5.53. The lowest BCUT2D eigenvalue weighted by molar-refractivity contribution is 0.243. The van der Waals surface area contributed by atoms with Gasteiger partial charge in [0, 0.05) is 10.7 Å². The third-order valence-corrected chi connectivity index (χ3v) is 3.73. The van der Waals surface area contributed by atoms with Crippen molar-refractivity contribution in [1.82, 2.24) is 5.32 Å². The van der Waals surface area contributed by atoms with E-state index in [1.54, 1.807) is 24.3 Å². The van der Waals surface area contributed by atoms with E-state index in [4.69, 9.17) is 22.5 Å². The van der Waals surface area contributed by atoms with E-state index >= 15 is 0 Å². The number of hydrogen-bond acceptors (Lipinski definition) is 3. The monoisotopic (exact) mass is 296 g/mol. The Morgan fingerprint density at radius 1 is 1.40 bits per heavy atom. The second-order valence-electron chi connectivity index (χ2n) is 4.86. The van der Waals surface area contributed by atoms with Crippen molar-refractivity contribution in [2.75, 3.05) is 5.32 Å². The Balaban J connectivity index is 2.06. The van der Waals surface area contributed by atoms with Crippen LogP contribution >= 0.6 is 11.6 Å². The summed E-state index contributed by atoms with van der Waals surface area (Å²) >= 11 is 5.85. The van der Waals surface area contributed by atoms with Gasteiger partial charge in [-0.1, -0.05) is 35.7 Å². The van der Waals surface area contributed by atoms with Crippen molar-refractivity contribution in [2.45, 2.75) is 31.2 Å². The van der Waals surface area contributed by atoms with Crippen LogP contribution in [-0.2, 0) is 0 Å². The molecule has 108 valence electrons. The summed E-state index contributed by atoms with van der Waals surface area (Å²) in [6, 6.07) is 6.44. The molecule has 0 atom stereocenters. The predicted molar refractivity (Wildman–Crippen MR) is 78.2 cm³/mol. The number of anilines is 1. The lowest BCUT2D eigenvalue weighted by Crippen LogP contribution is -2.56. The molecule has 1 saturated carbocycles. The maximum absolute atomic E-state index is 12.0. The van der Waals surface area contributed by atoms with Gasteiger partial charge in [-0.3, -0.25) is 0 Å². The molecule has 7 heteroatoms. The number of halogens is 1. The topological polar surface area (TPSA) is 99.7 Å². The van der Waals surface area contributed by atoms with Gasteiger partial charge in [0.25, 0.3) is 0 Å². The minimum atomic E-state index is -0.766. The highest BCUT2D eigenvalue weighted by Crippen LogP contribution is 2.30. The quantitative estimate of drug-likeness (QED) is 0.298. The number of amidine groups is 1. The minimum absolute atomic E-state index is 0.0382. The third-order valence-electron chi connectivity index (χ3n) is 3.49. The van der Waals surface area contributed by atoms with E-state index in [0.717, 1.165) is 12.8 Å². The van der Waals surface area contributed by atoms with Crippen LogP contribution in [0.4, 0.5) is 10.5 Å². The Labute approximate surface area is 122 Å². The van der Waals surface area contributed by atoms with Crippen molar-refractivity contribution < 1.29 is 10.0 Å². The van der Waals surface area contributed by atoms with E-state index in [0.29, 0.717) is 23.6 Å². The van der Waals surface area contributed by atoms with E-state index in [-0.39, 0.29) is 5.84 Å². The van der Waals surface area contributed by atoms with Crippen molar-refractivity contribution in [3.8, 4) is 0 Å². The number of nitrogens with two attached hydrogens (primary N) is 1. The molecule has 0 aliphatic heterocycles. The summed E-state index contributed by atoms with van der Waals surface area (Å²) in [5, 5.41) is 17.9. The molecule has 0 heterocycles. The highest BCUT2D eigenvalue weighted by molar-refractivity contribution is 6.30. The fourth-order valence-corrected chi connectivity index (χ4v) is 2.66. The number of carbonyl (C=O) groups is 1. The minimum Gasteiger partial charge on any atom is -0.409 e. The van der Waals surface area contributed by atoms with Gasteiger partial charge >= 0.3 is 6.03 Å². The molecule has 0 spiro atoms. The SMILES string of the molecule is N/C(=N/O)C1(NC(=O)Nc2cccc(Cl)c2)CCCC1. The van der Waals surface area contributed by atoms with Crippen LogP contribution in [0.25, 0.3) is 0 Å². The molecule has 1 aromatic carbocycles. The number of nitrogens with zero attached hydrogens (tertiary/aromatic N) is 1. The highest BCUT2D eigenvalue weighted by Gasteiger charge is 2.39. The van der Waals surface area contributed by atoms with Gasteiger partial charge < -0.3 is 21.6 Å². The van der Waals surface area contributed by atoms with Crippen LogP contribution in [0.5, 0.6) is 0 Å². The van der Waals surface area contributed by atoms with Crippen molar-refractivity contribution >= 4 is 29.2 Å². The molecule has 20 heavy (non-hydrogen) atoms. The van der Waals surface area contributed by atoms with E-state index in [2.05, 4.69) is 15.8 Å². The number of rotatable bonds is 3. The van der Waals surface area contributed by atoms with Crippen LogP contribution in [0.15, 0.2) is 29.4 Å². The lowest BCUT2D eigenvalue weighted by atomic mass is 9.96. The summed E-state index contributed by atoms with van der Waals surface area (Å²) in [4.78, 5) is 12.0. The first kappa shape index (κ1) is 14.5. The van der Waals surface area contributed by atoms with Gasteiger partial charge in [0.15, 0.2) is 5.84 Å². The molecule has 5 N–H and O–H groups in total. The fraction of sp³-hybridized carbons (Fsp3) is 0.385. The number of carbonyl (C=O) groups excluding carboxylic acids is 1. The van der Waals surface area contributed by atoms with E-state index in [1.807, 2.05) is 0 Å². The highest BCUT2D eigenvalue weighted by atomic mass is 35.5. The van der Waals surface area contributed by atoms with Crippen LogP contribution in [0.2, 0.25) is 5.02 Å². The lowest BCUT2D eigenvalue weighted by Gasteiger charge is -2.28. The van der Waals surface area contributed by atoms with Crippen molar-refractivity contribution in [2.24, 2.45) is 10.9 Å². The molecule has 0 unspecified atom stereocenters. The standard InChI is InChI=1S/C13H17ClN4O2/c14-9-4-3-5-10(8-9)16-12(19)17-13(11(15)18-20)6-1-2-7-13/h3-5,8,20H,1-2,6-7H2,(H2,15,18)(H2,16,17,19). The second kappa shape index (κ2) is 6.00. The Hall–Kier alpha value is -1.95. The van der Waals surface area contributed by atoms with Gasteiger partial charge in [-0.25, -0.2) is 4.79 Å². The number of nitrogens with one attached hydrogen (secondary N) is 2. The van der Waals surface area contributed by atoms with Gasteiger partial charge in [0.1, 0.15) is 5.54 Å². The normalized spacial score (nSPS) is 17.8. The molecule has 1 aliphatic rings. The average molecular weight is 297 g/mol. The summed E-state index contributed by atoms with van der Waals surface area (Å²) < 4.78 is 0. The molecule has 1 fully saturated rings. The number of oxime groups is 1. The molecular formula is C13H17ClN4O2. The molecule has 6 nitrogen and oxygen atoms in total. The Morgan fingerprint density at radius 2 is 2.10 bits per heavy atom. The zero-order valence-electron chi connectivity index (χ0n) is 10.9. The predicted octanol–water partition coefficient (Wildman–Crippen LogP) is 2.52. The molecular weight excluding hydrogens is 280 g/mol. The van der Waals surface area contributed by atoms with Crippen LogP contribution in [0, 0.1) is 0 Å². The van der Waals surface area contributed by atoms with Crippen molar-refractivity contribution in [3.05, 3.63) is 29.3 Å². The Kier molecular flexibility index (Phi) is 4.34. The zero-order valence-corrected chi connectivity index (χ0v) is 11.7. The van der Waals surface area contributed by atoms with Gasteiger partial charge in [-0.15, -0.1) is 0 Å². The second-order valence-corrected chi connectivity index (χ2v) is 5.30. The van der Waals surface area contributed by atoms with E-state index < -0.39 is 11.6 Å². The molecule has 1 aromatic rings. The average Bonchev–Trinajstić information content (AvgIpc) is 2.87. The number of benzene rings is 1. The Morgan fingerprint density at radius 3 is 2.70 bits per heavy atom. The third kappa shape index (κ3) is 3.14. The van der Waals surface area contributed by atoms with Crippen molar-refractivity contribution in [3.63, 3.8) is 0 Å². The van der Waals surface area contributed by atoms with Gasteiger partial charge in [-0.2, -0.15) is 0 Å². The fourth-order valence-electron chi connectivity index (χ4n) is 2.47. The molecule has 2 amide bonds. The molecule has 1 aliphatic carbocycles. The van der Waals surface area contributed by atoms with Crippen LogP contribution in [-0.4, -0.2) is 22.6 Å². The summed E-state index contributed by atoms with van der Waals surface area (Å²) in [7, 11) is 0. The van der Waals surface area contributed by atoms with Crippen LogP contribution in [0.1, 0.15) is 25.7 Å². The maximum Gasteiger partial charge on any atom is 0.320 e. The first-order valence-corrected chi connectivity index (χ1v) is 6.76. The smallest absolute Gasteiger partial charge is 0.320 e. The summed E-state index contributed by atoms with van der Waals surface area (Å²) in [5.74, 6) is 0.0382. The number of urea groups is 1. The maximum atomic E-state index is 12.0. The first-order chi connectivity index (χ1) is 9.55. The molecule has 0 bridgehead atoms. The van der Waals surface area contributed by atoms with Crippen LogP contribution in [0.3, 0.4) is 0 Å². The molecule has 0 aromatic heterocycles. The molecule has 2 rings (SSSR count). The Bertz CT molecular complexity index is 527.